The Morgan fingerprint density at radius 2 is 1.69 bits per heavy atom. The second-order valence-corrected chi connectivity index (χ2v) is 4.01. The molecule has 2 N–H and O–H groups in total. The SMILES string of the molecule is CCNC(=O)CNC(=O)N1CCCCCC1. The van der Waals surface area contributed by atoms with Gasteiger partial charge in [0, 0.05) is 19.6 Å². The van der Waals surface area contributed by atoms with Crippen LogP contribution in [0.2, 0.25) is 0 Å². The van der Waals surface area contributed by atoms with Crippen LogP contribution >= 0.6 is 0 Å². The molecular weight excluding hydrogens is 206 g/mol. The molecule has 0 saturated carbocycles. The Kier molecular flexibility index (Phi) is 5.67. The van der Waals surface area contributed by atoms with Crippen LogP contribution in [0.25, 0.3) is 0 Å². The van der Waals surface area contributed by atoms with Gasteiger partial charge in [-0.3, -0.25) is 4.79 Å². The van der Waals surface area contributed by atoms with Crippen LogP contribution in [0.3, 0.4) is 0 Å². The summed E-state index contributed by atoms with van der Waals surface area (Å²) < 4.78 is 0. The first-order valence-corrected chi connectivity index (χ1v) is 6.03. The van der Waals surface area contributed by atoms with Crippen LogP contribution < -0.4 is 10.6 Å². The van der Waals surface area contributed by atoms with Gasteiger partial charge in [-0.25, -0.2) is 4.79 Å². The van der Waals surface area contributed by atoms with Crippen LogP contribution in [0.15, 0.2) is 0 Å². The molecule has 0 unspecified atom stereocenters. The highest BCUT2D eigenvalue weighted by molar-refractivity contribution is 5.83. The molecule has 92 valence electrons. The van der Waals surface area contributed by atoms with E-state index in [1.54, 1.807) is 4.90 Å². The molecule has 3 amide bonds. The molecule has 1 fully saturated rings. The number of hydrogen-bond donors (Lipinski definition) is 2. The molecule has 1 saturated heterocycles. The van der Waals surface area contributed by atoms with Gasteiger partial charge >= 0.3 is 6.03 Å². The molecule has 0 aromatic carbocycles. The highest BCUT2D eigenvalue weighted by Gasteiger charge is 2.15. The Balaban J connectivity index is 2.25. The van der Waals surface area contributed by atoms with Gasteiger partial charge in [0.05, 0.1) is 6.54 Å². The highest BCUT2D eigenvalue weighted by atomic mass is 16.2. The number of likely N-dealkylation sites (N-methyl/N-ethyl adjacent to an activating group) is 1. The van der Waals surface area contributed by atoms with Crippen LogP contribution in [0.4, 0.5) is 4.79 Å². The molecule has 0 aromatic heterocycles. The number of nitrogens with one attached hydrogen (secondary N) is 2. The Hall–Kier alpha value is -1.26. The van der Waals surface area contributed by atoms with Crippen molar-refractivity contribution in [2.45, 2.75) is 32.6 Å². The predicted molar refractivity (Wildman–Crippen MR) is 62.1 cm³/mol. The van der Waals surface area contributed by atoms with Gasteiger partial charge in [0.25, 0.3) is 0 Å². The Morgan fingerprint density at radius 1 is 1.06 bits per heavy atom. The summed E-state index contributed by atoms with van der Waals surface area (Å²) in [5.74, 6) is -0.134. The summed E-state index contributed by atoms with van der Waals surface area (Å²) in [4.78, 5) is 24.6. The Labute approximate surface area is 96.6 Å². The molecule has 5 heteroatoms. The van der Waals surface area contributed by atoms with Gasteiger partial charge in [-0.15, -0.1) is 0 Å². The second-order valence-electron chi connectivity index (χ2n) is 4.01. The lowest BCUT2D eigenvalue weighted by molar-refractivity contribution is -0.120. The van der Waals surface area contributed by atoms with Crippen LogP contribution in [0, 0.1) is 0 Å². The van der Waals surface area contributed by atoms with Gasteiger partial charge in [0.2, 0.25) is 5.91 Å². The van der Waals surface area contributed by atoms with E-state index >= 15 is 0 Å². The maximum Gasteiger partial charge on any atom is 0.317 e. The van der Waals surface area contributed by atoms with E-state index in [1.165, 1.54) is 12.8 Å². The summed E-state index contributed by atoms with van der Waals surface area (Å²) in [5, 5.41) is 5.28. The minimum atomic E-state index is -0.134. The fourth-order valence-corrected chi connectivity index (χ4v) is 1.80. The first kappa shape index (κ1) is 12.8. The van der Waals surface area contributed by atoms with Crippen molar-refractivity contribution in [1.82, 2.24) is 15.5 Å². The van der Waals surface area contributed by atoms with Gasteiger partial charge in [-0.1, -0.05) is 12.8 Å². The van der Waals surface area contributed by atoms with Gasteiger partial charge in [0.1, 0.15) is 0 Å². The van der Waals surface area contributed by atoms with E-state index in [0.717, 1.165) is 25.9 Å². The van der Waals surface area contributed by atoms with Crippen molar-refractivity contribution < 1.29 is 9.59 Å². The monoisotopic (exact) mass is 227 g/mol. The summed E-state index contributed by atoms with van der Waals surface area (Å²) in [6.07, 6.45) is 4.52. The van der Waals surface area contributed by atoms with E-state index in [1.807, 2.05) is 6.92 Å². The molecule has 0 radical (unpaired) electrons. The zero-order chi connectivity index (χ0) is 11.8. The first-order chi connectivity index (χ1) is 7.74. The minimum Gasteiger partial charge on any atom is -0.355 e. The minimum absolute atomic E-state index is 0.0726. The number of carbonyl (C=O) groups is 2. The Bertz CT molecular complexity index is 235. The number of rotatable bonds is 3. The van der Waals surface area contributed by atoms with Crippen LogP contribution in [0.1, 0.15) is 32.6 Å². The average Bonchev–Trinajstić information content (AvgIpc) is 2.55. The molecule has 0 atom stereocenters. The first-order valence-electron chi connectivity index (χ1n) is 6.03. The van der Waals surface area contributed by atoms with Crippen molar-refractivity contribution in [2.24, 2.45) is 0 Å². The molecule has 1 aliphatic heterocycles. The molecule has 0 spiro atoms. The standard InChI is InChI=1S/C11H21N3O2/c1-2-12-10(15)9-13-11(16)14-7-5-3-4-6-8-14/h2-9H2,1H3,(H,12,15)(H,13,16). The van der Waals surface area contributed by atoms with Crippen molar-refractivity contribution in [2.75, 3.05) is 26.2 Å². The van der Waals surface area contributed by atoms with Crippen LogP contribution in [0.5, 0.6) is 0 Å². The second kappa shape index (κ2) is 7.09. The summed E-state index contributed by atoms with van der Waals surface area (Å²) in [6, 6.07) is -0.117. The third-order valence-electron chi connectivity index (χ3n) is 2.67. The van der Waals surface area contributed by atoms with Gasteiger partial charge in [-0.05, 0) is 19.8 Å². The Morgan fingerprint density at radius 3 is 2.25 bits per heavy atom. The van der Waals surface area contributed by atoms with E-state index in [0.29, 0.717) is 6.54 Å². The third-order valence-corrected chi connectivity index (χ3v) is 2.67. The molecule has 1 rings (SSSR count). The van der Waals surface area contributed by atoms with E-state index in [2.05, 4.69) is 10.6 Å². The number of carbonyl (C=O) groups excluding carboxylic acids is 2. The lowest BCUT2D eigenvalue weighted by Gasteiger charge is -2.20. The highest BCUT2D eigenvalue weighted by Crippen LogP contribution is 2.09. The lowest BCUT2D eigenvalue weighted by Crippen LogP contribution is -2.44. The molecule has 16 heavy (non-hydrogen) atoms. The maximum absolute atomic E-state index is 11.7. The summed E-state index contributed by atoms with van der Waals surface area (Å²) in [7, 11) is 0. The molecule has 0 bridgehead atoms. The number of amides is 3. The lowest BCUT2D eigenvalue weighted by atomic mass is 10.2. The molecule has 0 aromatic rings. The normalized spacial score (nSPS) is 16.4. The van der Waals surface area contributed by atoms with E-state index < -0.39 is 0 Å². The molecule has 1 aliphatic rings. The zero-order valence-corrected chi connectivity index (χ0v) is 9.92. The van der Waals surface area contributed by atoms with E-state index in [-0.39, 0.29) is 18.5 Å². The zero-order valence-electron chi connectivity index (χ0n) is 9.92. The smallest absolute Gasteiger partial charge is 0.317 e. The van der Waals surface area contributed by atoms with Crippen molar-refractivity contribution in [1.29, 1.82) is 0 Å². The van der Waals surface area contributed by atoms with Crippen molar-refractivity contribution >= 4 is 11.9 Å². The number of urea groups is 1. The van der Waals surface area contributed by atoms with E-state index in [9.17, 15) is 9.59 Å². The molecular formula is C11H21N3O2. The molecule has 0 aliphatic carbocycles. The largest absolute Gasteiger partial charge is 0.355 e. The predicted octanol–water partition coefficient (Wildman–Crippen LogP) is 0.708. The van der Waals surface area contributed by atoms with Crippen LogP contribution in [-0.2, 0) is 4.79 Å². The van der Waals surface area contributed by atoms with Crippen LogP contribution in [-0.4, -0.2) is 43.0 Å². The summed E-state index contributed by atoms with van der Waals surface area (Å²) >= 11 is 0. The summed E-state index contributed by atoms with van der Waals surface area (Å²) in [6.45, 7) is 4.14. The van der Waals surface area contributed by atoms with Crippen molar-refractivity contribution in [3.8, 4) is 0 Å². The van der Waals surface area contributed by atoms with Gasteiger partial charge < -0.3 is 15.5 Å². The number of hydrogen-bond acceptors (Lipinski definition) is 2. The quantitative estimate of drug-likeness (QED) is 0.746. The number of nitrogens with zero attached hydrogens (tertiary/aromatic N) is 1. The van der Waals surface area contributed by atoms with E-state index in [4.69, 9.17) is 0 Å². The number of likely N-dealkylation sites (tertiary alicyclic amines) is 1. The molecule has 1 heterocycles. The van der Waals surface area contributed by atoms with Crippen molar-refractivity contribution in [3.05, 3.63) is 0 Å². The topological polar surface area (TPSA) is 61.4 Å². The molecule has 5 nitrogen and oxygen atoms in total. The summed E-state index contributed by atoms with van der Waals surface area (Å²) in [5.41, 5.74) is 0. The fraction of sp³-hybridized carbons (Fsp3) is 0.818. The maximum atomic E-state index is 11.7. The average molecular weight is 227 g/mol. The third kappa shape index (κ3) is 4.51. The van der Waals surface area contributed by atoms with Gasteiger partial charge in [-0.2, -0.15) is 0 Å². The van der Waals surface area contributed by atoms with Gasteiger partial charge in [0.15, 0.2) is 0 Å². The van der Waals surface area contributed by atoms with Crippen molar-refractivity contribution in [3.63, 3.8) is 0 Å². The fourth-order valence-electron chi connectivity index (χ4n) is 1.80.